The predicted octanol–water partition coefficient (Wildman–Crippen LogP) is 5.95. The van der Waals surface area contributed by atoms with E-state index in [0.29, 0.717) is 35.1 Å². The van der Waals surface area contributed by atoms with Crippen molar-refractivity contribution in [3.05, 3.63) is 109 Å². The number of carbonyl (C=O) groups excluding carboxylic acids is 1. The molecule has 0 heterocycles. The van der Waals surface area contributed by atoms with Crippen molar-refractivity contribution >= 4 is 39.6 Å². The lowest BCUT2D eigenvalue weighted by Crippen LogP contribution is -2.39. The standard InChI is InChI=1S/C30H29N3O5S2/c1-3-37-25-14-12-24(13-15-25)33(40(35,36)29-18-16-28(39-2)17-19-29)22-30(34)32-31-21-23-8-7-11-27(20-23)38-26-9-5-4-6-10-26/h4-21H,3,22H2,1-2H3,(H,32,34)/b31-21-. The van der Waals surface area contributed by atoms with Crippen LogP contribution in [0.4, 0.5) is 5.69 Å². The third-order valence-electron chi connectivity index (χ3n) is 5.61. The van der Waals surface area contributed by atoms with Gasteiger partial charge in [-0.2, -0.15) is 5.10 Å². The van der Waals surface area contributed by atoms with Gasteiger partial charge in [0.1, 0.15) is 23.8 Å². The monoisotopic (exact) mass is 575 g/mol. The fraction of sp³-hybridized carbons (Fsp3) is 0.133. The Hall–Kier alpha value is -4.28. The summed E-state index contributed by atoms with van der Waals surface area (Å²) in [6.45, 7) is 1.86. The molecule has 4 aromatic rings. The van der Waals surface area contributed by atoms with Crippen LogP contribution in [-0.4, -0.2) is 39.9 Å². The summed E-state index contributed by atoms with van der Waals surface area (Å²) < 4.78 is 39.6. The molecular weight excluding hydrogens is 546 g/mol. The molecule has 40 heavy (non-hydrogen) atoms. The van der Waals surface area contributed by atoms with Gasteiger partial charge in [-0.25, -0.2) is 13.8 Å². The Bertz CT molecular complexity index is 1540. The van der Waals surface area contributed by atoms with Gasteiger partial charge in [0, 0.05) is 4.90 Å². The van der Waals surface area contributed by atoms with Crippen LogP contribution in [0.1, 0.15) is 12.5 Å². The van der Waals surface area contributed by atoms with Crippen LogP contribution in [0.5, 0.6) is 17.2 Å². The summed E-state index contributed by atoms with van der Waals surface area (Å²) in [6.07, 6.45) is 3.37. The van der Waals surface area contributed by atoms with E-state index in [1.54, 1.807) is 42.5 Å². The molecule has 0 aliphatic carbocycles. The molecule has 0 aliphatic heterocycles. The van der Waals surface area contributed by atoms with Gasteiger partial charge in [-0.05, 0) is 91.5 Å². The van der Waals surface area contributed by atoms with Crippen LogP contribution >= 0.6 is 11.8 Å². The highest BCUT2D eigenvalue weighted by molar-refractivity contribution is 7.98. The van der Waals surface area contributed by atoms with Gasteiger partial charge >= 0.3 is 0 Å². The lowest BCUT2D eigenvalue weighted by molar-refractivity contribution is -0.119. The largest absolute Gasteiger partial charge is 0.494 e. The normalized spacial score (nSPS) is 11.2. The van der Waals surface area contributed by atoms with Crippen molar-refractivity contribution < 1.29 is 22.7 Å². The summed E-state index contributed by atoms with van der Waals surface area (Å²) in [5, 5.41) is 4.03. The molecule has 0 saturated carbocycles. The van der Waals surface area contributed by atoms with Gasteiger partial charge in [-0.1, -0.05) is 30.3 Å². The molecule has 4 rings (SSSR count). The van der Waals surface area contributed by atoms with Crippen LogP contribution in [0.25, 0.3) is 0 Å². The molecule has 0 saturated heterocycles. The van der Waals surface area contributed by atoms with Crippen molar-refractivity contribution in [3.8, 4) is 17.2 Å². The van der Waals surface area contributed by atoms with E-state index in [1.807, 2.05) is 61.7 Å². The van der Waals surface area contributed by atoms with E-state index in [4.69, 9.17) is 9.47 Å². The quantitative estimate of drug-likeness (QED) is 0.127. The van der Waals surface area contributed by atoms with Crippen LogP contribution in [0.15, 0.2) is 118 Å². The van der Waals surface area contributed by atoms with Crippen LogP contribution in [0, 0.1) is 0 Å². The van der Waals surface area contributed by atoms with Crippen molar-refractivity contribution in [1.29, 1.82) is 0 Å². The van der Waals surface area contributed by atoms with Gasteiger partial charge in [0.25, 0.3) is 15.9 Å². The van der Waals surface area contributed by atoms with E-state index in [1.165, 1.54) is 30.1 Å². The molecule has 0 unspecified atom stereocenters. The van der Waals surface area contributed by atoms with Gasteiger partial charge in [-0.3, -0.25) is 9.10 Å². The maximum Gasteiger partial charge on any atom is 0.264 e. The first-order chi connectivity index (χ1) is 19.4. The first-order valence-corrected chi connectivity index (χ1v) is 15.1. The number of carbonyl (C=O) groups is 1. The summed E-state index contributed by atoms with van der Waals surface area (Å²) >= 11 is 1.51. The highest BCUT2D eigenvalue weighted by Crippen LogP contribution is 2.27. The van der Waals surface area contributed by atoms with Crippen LogP contribution in [0.3, 0.4) is 0 Å². The summed E-state index contributed by atoms with van der Waals surface area (Å²) in [4.78, 5) is 13.9. The number of hydrogen-bond donors (Lipinski definition) is 1. The van der Waals surface area contributed by atoms with Crippen molar-refractivity contribution in [2.45, 2.75) is 16.7 Å². The highest BCUT2D eigenvalue weighted by atomic mass is 32.2. The first-order valence-electron chi connectivity index (χ1n) is 12.4. The Balaban J connectivity index is 1.50. The number of sulfonamides is 1. The number of amides is 1. The number of hydrogen-bond acceptors (Lipinski definition) is 7. The summed E-state index contributed by atoms with van der Waals surface area (Å²) in [5.41, 5.74) is 3.44. The average molecular weight is 576 g/mol. The Kier molecular flexibility index (Phi) is 9.82. The maximum atomic E-state index is 13.6. The topological polar surface area (TPSA) is 97.3 Å². The fourth-order valence-electron chi connectivity index (χ4n) is 3.69. The number of thioether (sulfide) groups is 1. The minimum Gasteiger partial charge on any atom is -0.494 e. The van der Waals surface area contributed by atoms with E-state index in [2.05, 4.69) is 10.5 Å². The molecule has 0 bridgehead atoms. The second-order valence-electron chi connectivity index (χ2n) is 8.39. The Morgan fingerprint density at radius 1 is 0.900 bits per heavy atom. The number of ether oxygens (including phenoxy) is 2. The molecule has 1 N–H and O–H groups in total. The first kappa shape index (κ1) is 28.7. The summed E-state index contributed by atoms with van der Waals surface area (Å²) in [5.74, 6) is 1.30. The molecule has 206 valence electrons. The number of nitrogens with zero attached hydrogens (tertiary/aromatic N) is 2. The molecule has 0 spiro atoms. The van der Waals surface area contributed by atoms with E-state index < -0.39 is 22.5 Å². The number of para-hydroxylation sites is 1. The third-order valence-corrected chi connectivity index (χ3v) is 8.14. The predicted molar refractivity (Wildman–Crippen MR) is 159 cm³/mol. The van der Waals surface area contributed by atoms with Gasteiger partial charge in [0.2, 0.25) is 0 Å². The Morgan fingerprint density at radius 2 is 1.60 bits per heavy atom. The number of nitrogens with one attached hydrogen (secondary N) is 1. The zero-order valence-electron chi connectivity index (χ0n) is 22.1. The van der Waals surface area contributed by atoms with E-state index in [-0.39, 0.29) is 4.90 Å². The van der Waals surface area contributed by atoms with E-state index in [0.717, 1.165) is 9.20 Å². The zero-order valence-corrected chi connectivity index (χ0v) is 23.7. The van der Waals surface area contributed by atoms with Crippen molar-refractivity contribution in [3.63, 3.8) is 0 Å². The number of hydrazone groups is 1. The van der Waals surface area contributed by atoms with E-state index >= 15 is 0 Å². The molecule has 4 aromatic carbocycles. The molecule has 0 fully saturated rings. The van der Waals surface area contributed by atoms with Gasteiger partial charge in [0.15, 0.2) is 0 Å². The average Bonchev–Trinajstić information content (AvgIpc) is 2.97. The minimum atomic E-state index is -4.06. The zero-order chi connectivity index (χ0) is 28.4. The maximum absolute atomic E-state index is 13.6. The SMILES string of the molecule is CCOc1ccc(N(CC(=O)N/N=C\c2cccc(Oc3ccccc3)c2)S(=O)(=O)c2ccc(SC)cc2)cc1. The van der Waals surface area contributed by atoms with Crippen LogP contribution in [-0.2, 0) is 14.8 Å². The fourth-order valence-corrected chi connectivity index (χ4v) is 5.52. The molecule has 0 atom stereocenters. The molecule has 8 nitrogen and oxygen atoms in total. The lowest BCUT2D eigenvalue weighted by Gasteiger charge is -2.24. The molecule has 0 aliphatic rings. The molecule has 0 radical (unpaired) electrons. The smallest absolute Gasteiger partial charge is 0.264 e. The lowest BCUT2D eigenvalue weighted by atomic mass is 10.2. The molecular formula is C30H29N3O5S2. The van der Waals surface area contributed by atoms with Gasteiger partial charge in [-0.15, -0.1) is 11.8 Å². The molecule has 10 heteroatoms. The number of benzene rings is 4. The Morgan fingerprint density at radius 3 is 2.27 bits per heavy atom. The van der Waals surface area contributed by atoms with Crippen LogP contribution in [0.2, 0.25) is 0 Å². The van der Waals surface area contributed by atoms with E-state index in [9.17, 15) is 13.2 Å². The minimum absolute atomic E-state index is 0.0747. The molecule has 1 amide bonds. The highest BCUT2D eigenvalue weighted by Gasteiger charge is 2.27. The van der Waals surface area contributed by atoms with Crippen molar-refractivity contribution in [2.24, 2.45) is 5.10 Å². The van der Waals surface area contributed by atoms with Crippen molar-refractivity contribution in [2.75, 3.05) is 23.7 Å². The second kappa shape index (κ2) is 13.7. The van der Waals surface area contributed by atoms with Crippen molar-refractivity contribution in [1.82, 2.24) is 5.43 Å². The second-order valence-corrected chi connectivity index (χ2v) is 11.1. The van der Waals surface area contributed by atoms with Crippen LogP contribution < -0.4 is 19.2 Å². The Labute approximate surface area is 238 Å². The summed E-state index contributed by atoms with van der Waals surface area (Å²) in [7, 11) is -4.06. The van der Waals surface area contributed by atoms with Gasteiger partial charge < -0.3 is 9.47 Å². The molecule has 0 aromatic heterocycles. The summed E-state index contributed by atoms with van der Waals surface area (Å²) in [6, 6.07) is 29.6. The number of anilines is 1. The third kappa shape index (κ3) is 7.64. The van der Waals surface area contributed by atoms with Gasteiger partial charge in [0.05, 0.1) is 23.4 Å². The number of rotatable bonds is 12.